The number of carbonyl (C=O) groups is 2. The molecule has 0 spiro atoms. The number of methoxy groups -OCH3 is 1. The number of amides is 2. The fourth-order valence-corrected chi connectivity index (χ4v) is 5.29. The van der Waals surface area contributed by atoms with E-state index in [0.29, 0.717) is 22.8 Å². The molecule has 2 fully saturated rings. The highest BCUT2D eigenvalue weighted by Crippen LogP contribution is 2.41. The minimum Gasteiger partial charge on any atom is -0.481 e. The number of benzene rings is 1. The highest BCUT2D eigenvalue weighted by atomic mass is 35.5. The van der Waals surface area contributed by atoms with Crippen molar-refractivity contribution in [2.45, 2.75) is 25.2 Å². The van der Waals surface area contributed by atoms with Crippen LogP contribution >= 0.6 is 11.6 Å². The lowest BCUT2D eigenvalue weighted by Crippen LogP contribution is -2.57. The summed E-state index contributed by atoms with van der Waals surface area (Å²) in [6.45, 7) is 2.20. The normalized spacial score (nSPS) is 19.3. The summed E-state index contributed by atoms with van der Waals surface area (Å²) < 4.78 is 46.5. The lowest BCUT2D eigenvalue weighted by Gasteiger charge is -2.42. The average molecular weight is 562 g/mol. The molecule has 2 amide bonds. The van der Waals surface area contributed by atoms with Crippen LogP contribution < -0.4 is 14.5 Å². The van der Waals surface area contributed by atoms with Gasteiger partial charge in [-0.1, -0.05) is 11.6 Å². The molecule has 2 aromatic heterocycles. The molecule has 2 aliphatic heterocycles. The maximum Gasteiger partial charge on any atom is 0.418 e. The van der Waals surface area contributed by atoms with Crippen molar-refractivity contribution in [2.75, 3.05) is 36.5 Å². The summed E-state index contributed by atoms with van der Waals surface area (Å²) in [4.78, 5) is 38.5. The Bertz CT molecular complexity index is 1450. The molecule has 0 bridgehead atoms. The second kappa shape index (κ2) is 9.92. The van der Waals surface area contributed by atoms with Crippen LogP contribution in [-0.4, -0.2) is 70.8 Å². The molecule has 1 aromatic carbocycles. The van der Waals surface area contributed by atoms with Crippen molar-refractivity contribution in [2.24, 2.45) is 0 Å². The van der Waals surface area contributed by atoms with Crippen LogP contribution in [0.4, 0.5) is 29.3 Å². The van der Waals surface area contributed by atoms with Gasteiger partial charge in [0.05, 0.1) is 41.3 Å². The van der Waals surface area contributed by atoms with Crippen molar-refractivity contribution < 1.29 is 32.6 Å². The topological polar surface area (TPSA) is 99.1 Å². The standard InChI is InChI=1S/C26H23ClF3N5O4/c1-14-11-34-16(13-35(25(34)38)20-7-5-15(27)10-18(20)26(28,29)30)12-33(14)21-8-6-19(32-22(21)24(36)37)17-4-3-9-31-23(17)39-2/h3-10,14,16H,11-13H2,1-2H3,(H,36,37)/t14-,16+/m1/s1. The van der Waals surface area contributed by atoms with Crippen molar-refractivity contribution in [3.8, 4) is 17.1 Å². The number of alkyl halides is 3. The quantitative estimate of drug-likeness (QED) is 0.466. The summed E-state index contributed by atoms with van der Waals surface area (Å²) in [5.74, 6) is -0.953. The van der Waals surface area contributed by atoms with Gasteiger partial charge in [-0.25, -0.2) is 19.6 Å². The third kappa shape index (κ3) is 4.80. The molecule has 5 rings (SSSR count). The summed E-state index contributed by atoms with van der Waals surface area (Å²) in [7, 11) is 1.45. The van der Waals surface area contributed by atoms with E-state index >= 15 is 0 Å². The largest absolute Gasteiger partial charge is 0.481 e. The predicted octanol–water partition coefficient (Wildman–Crippen LogP) is 5.04. The SMILES string of the molecule is COc1ncccc1-c1ccc(N2C[C@H]3CN(c4ccc(Cl)cc4C(F)(F)F)C(=O)N3C[C@H]2C)c(C(=O)O)n1. The van der Waals surface area contributed by atoms with Gasteiger partial charge in [-0.2, -0.15) is 13.2 Å². The van der Waals surface area contributed by atoms with Crippen LogP contribution in [0.3, 0.4) is 0 Å². The van der Waals surface area contributed by atoms with Gasteiger partial charge in [0.1, 0.15) is 0 Å². The summed E-state index contributed by atoms with van der Waals surface area (Å²) in [6.07, 6.45) is -3.16. The number of carboxylic acids is 1. The number of halogens is 4. The number of hydrogen-bond acceptors (Lipinski definition) is 6. The molecular formula is C26H23ClF3N5O4. The van der Waals surface area contributed by atoms with Gasteiger partial charge in [0.25, 0.3) is 0 Å². The van der Waals surface area contributed by atoms with Crippen LogP contribution in [0.25, 0.3) is 11.3 Å². The smallest absolute Gasteiger partial charge is 0.418 e. The highest BCUT2D eigenvalue weighted by Gasteiger charge is 2.46. The number of carbonyl (C=O) groups excluding carboxylic acids is 1. The van der Waals surface area contributed by atoms with Gasteiger partial charge in [-0.05, 0) is 49.4 Å². The van der Waals surface area contributed by atoms with Gasteiger partial charge in [0.2, 0.25) is 5.88 Å². The molecule has 0 aliphatic carbocycles. The molecule has 0 radical (unpaired) electrons. The van der Waals surface area contributed by atoms with E-state index in [4.69, 9.17) is 16.3 Å². The van der Waals surface area contributed by atoms with E-state index in [1.807, 2.05) is 11.8 Å². The molecule has 2 saturated heterocycles. The maximum absolute atomic E-state index is 13.8. The highest BCUT2D eigenvalue weighted by molar-refractivity contribution is 6.30. The van der Waals surface area contributed by atoms with Crippen LogP contribution in [0.15, 0.2) is 48.7 Å². The summed E-state index contributed by atoms with van der Waals surface area (Å²) in [5, 5.41) is 9.92. The second-order valence-electron chi connectivity index (χ2n) is 9.29. The van der Waals surface area contributed by atoms with Crippen molar-refractivity contribution in [1.82, 2.24) is 14.9 Å². The Kier molecular flexibility index (Phi) is 6.75. The van der Waals surface area contributed by atoms with Gasteiger partial charge in [-0.15, -0.1) is 0 Å². The number of urea groups is 1. The third-order valence-electron chi connectivity index (χ3n) is 6.89. The van der Waals surface area contributed by atoms with E-state index in [0.717, 1.165) is 11.0 Å². The number of pyridine rings is 2. The first-order valence-corrected chi connectivity index (χ1v) is 12.3. The van der Waals surface area contributed by atoms with E-state index < -0.39 is 29.8 Å². The van der Waals surface area contributed by atoms with Gasteiger partial charge >= 0.3 is 18.2 Å². The first-order valence-electron chi connectivity index (χ1n) is 11.9. The number of rotatable bonds is 5. The number of fused-ring (bicyclic) bond motifs is 1. The van der Waals surface area contributed by atoms with Gasteiger partial charge in [-0.3, -0.25) is 4.90 Å². The number of aromatic nitrogens is 2. The number of aromatic carboxylic acids is 1. The molecular weight excluding hydrogens is 539 g/mol. The minimum atomic E-state index is -4.70. The summed E-state index contributed by atoms with van der Waals surface area (Å²) >= 11 is 5.82. The zero-order chi connectivity index (χ0) is 28.1. The van der Waals surface area contributed by atoms with Crippen LogP contribution in [0.5, 0.6) is 5.88 Å². The molecule has 204 valence electrons. The zero-order valence-electron chi connectivity index (χ0n) is 20.8. The Hall–Kier alpha value is -4.06. The predicted molar refractivity (Wildman–Crippen MR) is 137 cm³/mol. The van der Waals surface area contributed by atoms with Crippen LogP contribution in [0.2, 0.25) is 5.02 Å². The zero-order valence-corrected chi connectivity index (χ0v) is 21.6. The minimum absolute atomic E-state index is 0.00638. The number of anilines is 2. The van der Waals surface area contributed by atoms with E-state index in [2.05, 4.69) is 9.97 Å². The maximum atomic E-state index is 13.8. The average Bonchev–Trinajstić information content (AvgIpc) is 3.22. The van der Waals surface area contributed by atoms with Crippen molar-refractivity contribution in [3.05, 3.63) is 64.9 Å². The van der Waals surface area contributed by atoms with Crippen LogP contribution in [0.1, 0.15) is 23.0 Å². The van der Waals surface area contributed by atoms with Crippen LogP contribution in [-0.2, 0) is 6.18 Å². The molecule has 39 heavy (non-hydrogen) atoms. The number of nitrogens with zero attached hydrogens (tertiary/aromatic N) is 5. The Morgan fingerprint density at radius 1 is 1.10 bits per heavy atom. The Morgan fingerprint density at radius 3 is 2.54 bits per heavy atom. The molecule has 0 unspecified atom stereocenters. The molecule has 1 N–H and O–H groups in total. The Labute approximate surface area is 226 Å². The Morgan fingerprint density at radius 2 is 1.85 bits per heavy atom. The lowest BCUT2D eigenvalue weighted by atomic mass is 10.1. The monoisotopic (exact) mass is 561 g/mol. The number of piperazine rings is 1. The van der Waals surface area contributed by atoms with E-state index in [9.17, 15) is 27.9 Å². The molecule has 2 atom stereocenters. The fourth-order valence-electron chi connectivity index (χ4n) is 5.12. The van der Waals surface area contributed by atoms with Crippen LogP contribution in [0, 0.1) is 0 Å². The van der Waals surface area contributed by atoms with Crippen molar-refractivity contribution >= 4 is 35.0 Å². The molecule has 13 heteroatoms. The van der Waals surface area contributed by atoms with Crippen molar-refractivity contribution in [1.29, 1.82) is 0 Å². The fraction of sp³-hybridized carbons (Fsp3) is 0.308. The summed E-state index contributed by atoms with van der Waals surface area (Å²) in [5.41, 5.74) is -0.240. The van der Waals surface area contributed by atoms with Gasteiger partial charge in [0.15, 0.2) is 5.69 Å². The van der Waals surface area contributed by atoms with E-state index in [-0.39, 0.29) is 42.1 Å². The Balaban J connectivity index is 1.47. The van der Waals surface area contributed by atoms with E-state index in [1.54, 1.807) is 30.5 Å². The molecule has 0 saturated carbocycles. The molecule has 3 aromatic rings. The van der Waals surface area contributed by atoms with E-state index in [1.165, 1.54) is 24.1 Å². The van der Waals surface area contributed by atoms with Gasteiger partial charge in [0, 0.05) is 36.9 Å². The number of ether oxygens (including phenoxy) is 1. The second-order valence-corrected chi connectivity index (χ2v) is 9.73. The van der Waals surface area contributed by atoms with Crippen molar-refractivity contribution in [3.63, 3.8) is 0 Å². The van der Waals surface area contributed by atoms with Gasteiger partial charge < -0.3 is 19.6 Å². The molecule has 4 heterocycles. The summed E-state index contributed by atoms with van der Waals surface area (Å²) in [6, 6.07) is 8.65. The first kappa shape index (κ1) is 26.5. The lowest BCUT2D eigenvalue weighted by molar-refractivity contribution is -0.137. The number of hydrogen-bond donors (Lipinski definition) is 1. The first-order chi connectivity index (χ1) is 18.5. The molecule has 9 nitrogen and oxygen atoms in total. The molecule has 2 aliphatic rings. The third-order valence-corrected chi connectivity index (χ3v) is 7.13. The number of carboxylic acid groups (broad SMARTS) is 1.